The van der Waals surface area contributed by atoms with Crippen molar-refractivity contribution in [3.63, 3.8) is 0 Å². The molecule has 0 spiro atoms. The summed E-state index contributed by atoms with van der Waals surface area (Å²) in [6.45, 7) is 2.06. The van der Waals surface area contributed by atoms with Crippen molar-refractivity contribution in [1.82, 2.24) is 9.47 Å². The van der Waals surface area contributed by atoms with Crippen molar-refractivity contribution in [1.29, 1.82) is 0 Å². The van der Waals surface area contributed by atoms with Crippen LogP contribution >= 0.6 is 0 Å². The minimum atomic E-state index is 0.0619. The first-order valence-electron chi connectivity index (χ1n) is 11.2. The smallest absolute Gasteiger partial charge is 0.167 e. The lowest BCUT2D eigenvalue weighted by Crippen LogP contribution is -2.14. The molecule has 0 aliphatic heterocycles. The normalized spacial score (nSPS) is 11.2. The number of rotatable bonds is 10. The van der Waals surface area contributed by atoms with Crippen LogP contribution in [0.5, 0.6) is 17.2 Å². The minimum Gasteiger partial charge on any atom is -0.497 e. The summed E-state index contributed by atoms with van der Waals surface area (Å²) in [5, 5.41) is 1.16. The maximum absolute atomic E-state index is 12.7. The predicted octanol–water partition coefficient (Wildman–Crippen LogP) is 5.82. The molecular formula is C28H30N2O3. The molecule has 5 heteroatoms. The minimum absolute atomic E-state index is 0.0619. The van der Waals surface area contributed by atoms with Crippen LogP contribution in [0.15, 0.2) is 79.0 Å². The van der Waals surface area contributed by atoms with E-state index in [1.807, 2.05) is 54.6 Å². The molecule has 0 radical (unpaired) electrons. The summed E-state index contributed by atoms with van der Waals surface area (Å²) in [5.41, 5.74) is 2.80. The zero-order chi connectivity index (χ0) is 23.2. The average Bonchev–Trinajstić information content (AvgIpc) is 3.21. The summed E-state index contributed by atoms with van der Waals surface area (Å²) in [6, 6.07) is 23.2. The fourth-order valence-electron chi connectivity index (χ4n) is 3.91. The Hall–Kier alpha value is -3.57. The highest BCUT2D eigenvalue weighted by atomic mass is 16.5. The Balaban J connectivity index is 1.39. The van der Waals surface area contributed by atoms with Crippen LogP contribution < -0.4 is 9.47 Å². The molecule has 0 atom stereocenters. The molecular weight excluding hydrogens is 412 g/mol. The number of hydrogen-bond acceptors (Lipinski definition) is 4. The number of fused-ring (bicyclic) bond motifs is 1. The number of benzene rings is 3. The highest BCUT2D eigenvalue weighted by Gasteiger charge is 2.09. The first-order valence-corrected chi connectivity index (χ1v) is 11.2. The van der Waals surface area contributed by atoms with E-state index in [1.54, 1.807) is 7.11 Å². The van der Waals surface area contributed by atoms with Gasteiger partial charge in [-0.3, -0.25) is 4.79 Å². The molecule has 0 saturated heterocycles. The number of hydrogen-bond donors (Lipinski definition) is 0. The van der Waals surface area contributed by atoms with Gasteiger partial charge in [-0.05, 0) is 93.3 Å². The van der Waals surface area contributed by atoms with E-state index in [1.165, 1.54) is 5.52 Å². The number of carbonyl (C=O) groups is 1. The molecule has 0 bridgehead atoms. The van der Waals surface area contributed by atoms with Crippen molar-refractivity contribution >= 4 is 16.7 Å². The number of nitrogens with zero attached hydrogens (tertiary/aromatic N) is 2. The predicted molar refractivity (Wildman–Crippen MR) is 133 cm³/mol. The van der Waals surface area contributed by atoms with E-state index < -0.39 is 0 Å². The van der Waals surface area contributed by atoms with Gasteiger partial charge in [0.05, 0.1) is 7.11 Å². The zero-order valence-electron chi connectivity index (χ0n) is 19.5. The van der Waals surface area contributed by atoms with Gasteiger partial charge in [0, 0.05) is 35.6 Å². The van der Waals surface area contributed by atoms with Gasteiger partial charge < -0.3 is 18.9 Å². The van der Waals surface area contributed by atoms with E-state index in [2.05, 4.69) is 48.0 Å². The van der Waals surface area contributed by atoms with E-state index in [-0.39, 0.29) is 5.78 Å². The number of Topliss-reactive ketones (excluding diaryl/α,β-unsaturated/α-hetero) is 1. The van der Waals surface area contributed by atoms with Crippen LogP contribution in [0, 0.1) is 0 Å². The van der Waals surface area contributed by atoms with Crippen LogP contribution in [0.1, 0.15) is 22.3 Å². The molecule has 3 aromatic carbocycles. The highest BCUT2D eigenvalue weighted by molar-refractivity contribution is 5.97. The summed E-state index contributed by atoms with van der Waals surface area (Å²) >= 11 is 0. The summed E-state index contributed by atoms with van der Waals surface area (Å²) in [6.07, 6.45) is 3.57. The van der Waals surface area contributed by atoms with E-state index in [4.69, 9.17) is 9.47 Å². The average molecular weight is 443 g/mol. The van der Waals surface area contributed by atoms with E-state index in [0.29, 0.717) is 17.7 Å². The maximum atomic E-state index is 12.7. The molecule has 0 saturated carbocycles. The molecule has 1 heterocycles. The SMILES string of the molecule is COc1cccc(CC(=O)c2ccc(Oc3ccc4c(ccn4CCCN(C)C)c3)cc2)c1. The summed E-state index contributed by atoms with van der Waals surface area (Å²) in [7, 11) is 5.82. The second-order valence-corrected chi connectivity index (χ2v) is 8.46. The van der Waals surface area contributed by atoms with E-state index in [9.17, 15) is 4.79 Å². The quantitative estimate of drug-likeness (QED) is 0.290. The third-order valence-corrected chi connectivity index (χ3v) is 5.66. The number of carbonyl (C=O) groups excluding carboxylic acids is 1. The first kappa shape index (κ1) is 22.6. The molecule has 0 unspecified atom stereocenters. The Labute approximate surface area is 195 Å². The molecule has 33 heavy (non-hydrogen) atoms. The lowest BCUT2D eigenvalue weighted by Gasteiger charge is -2.11. The van der Waals surface area contributed by atoms with Crippen molar-refractivity contribution in [2.45, 2.75) is 19.4 Å². The molecule has 0 aliphatic rings. The highest BCUT2D eigenvalue weighted by Crippen LogP contribution is 2.27. The maximum Gasteiger partial charge on any atom is 0.167 e. The number of aryl methyl sites for hydroxylation is 1. The van der Waals surface area contributed by atoms with Gasteiger partial charge in [0.25, 0.3) is 0 Å². The van der Waals surface area contributed by atoms with Gasteiger partial charge in [-0.15, -0.1) is 0 Å². The van der Waals surface area contributed by atoms with Gasteiger partial charge >= 0.3 is 0 Å². The molecule has 1 aromatic heterocycles. The zero-order valence-corrected chi connectivity index (χ0v) is 19.5. The summed E-state index contributed by atoms with van der Waals surface area (Å²) in [4.78, 5) is 14.9. The van der Waals surface area contributed by atoms with Gasteiger partial charge in [0.15, 0.2) is 5.78 Å². The van der Waals surface area contributed by atoms with Crippen LogP contribution in [-0.4, -0.2) is 43.0 Å². The fraction of sp³-hybridized carbons (Fsp3) is 0.250. The lowest BCUT2D eigenvalue weighted by atomic mass is 10.0. The fourth-order valence-corrected chi connectivity index (χ4v) is 3.91. The monoisotopic (exact) mass is 442 g/mol. The van der Waals surface area contributed by atoms with Crippen LogP contribution in [0.4, 0.5) is 0 Å². The molecule has 0 amide bonds. The van der Waals surface area contributed by atoms with Gasteiger partial charge in [-0.2, -0.15) is 0 Å². The van der Waals surface area contributed by atoms with Crippen molar-refractivity contribution in [2.75, 3.05) is 27.7 Å². The van der Waals surface area contributed by atoms with Crippen molar-refractivity contribution < 1.29 is 14.3 Å². The van der Waals surface area contributed by atoms with Crippen LogP contribution in [0.3, 0.4) is 0 Å². The molecule has 0 N–H and O–H groups in total. The van der Waals surface area contributed by atoms with Crippen molar-refractivity contribution in [3.05, 3.63) is 90.1 Å². The Kier molecular flexibility index (Phi) is 7.10. The molecule has 170 valence electrons. The first-order chi connectivity index (χ1) is 16.0. The van der Waals surface area contributed by atoms with Gasteiger partial charge in [0.2, 0.25) is 0 Å². The molecule has 4 rings (SSSR count). The van der Waals surface area contributed by atoms with Crippen LogP contribution in [-0.2, 0) is 13.0 Å². The van der Waals surface area contributed by atoms with E-state index in [0.717, 1.165) is 42.0 Å². The lowest BCUT2D eigenvalue weighted by molar-refractivity contribution is 0.0993. The third-order valence-electron chi connectivity index (χ3n) is 5.66. The Morgan fingerprint density at radius 2 is 1.70 bits per heavy atom. The standard InChI is InChI=1S/C28H30N2O3/c1-29(2)15-5-16-30-17-14-23-20-26(12-13-27(23)30)33-24-10-8-22(9-11-24)28(31)19-21-6-4-7-25(18-21)32-3/h4,6-14,17-18,20H,5,15-16,19H2,1-3H3. The summed E-state index contributed by atoms with van der Waals surface area (Å²) in [5.74, 6) is 2.30. The van der Waals surface area contributed by atoms with Gasteiger partial charge in [0.1, 0.15) is 17.2 Å². The van der Waals surface area contributed by atoms with Crippen LogP contribution in [0.25, 0.3) is 10.9 Å². The third kappa shape index (κ3) is 5.82. The van der Waals surface area contributed by atoms with Gasteiger partial charge in [-0.25, -0.2) is 0 Å². The molecule has 5 nitrogen and oxygen atoms in total. The summed E-state index contributed by atoms with van der Waals surface area (Å²) < 4.78 is 13.6. The molecule has 4 aromatic rings. The van der Waals surface area contributed by atoms with E-state index >= 15 is 0 Å². The topological polar surface area (TPSA) is 43.7 Å². The number of ketones is 1. The van der Waals surface area contributed by atoms with Crippen molar-refractivity contribution in [3.8, 4) is 17.2 Å². The van der Waals surface area contributed by atoms with Crippen LogP contribution in [0.2, 0.25) is 0 Å². The Morgan fingerprint density at radius 3 is 2.45 bits per heavy atom. The number of aromatic nitrogens is 1. The number of ether oxygens (including phenoxy) is 2. The molecule has 0 fully saturated rings. The van der Waals surface area contributed by atoms with Crippen molar-refractivity contribution in [2.24, 2.45) is 0 Å². The molecule has 0 aliphatic carbocycles. The second-order valence-electron chi connectivity index (χ2n) is 8.46. The number of methoxy groups -OCH3 is 1. The second kappa shape index (κ2) is 10.4. The largest absolute Gasteiger partial charge is 0.497 e. The Bertz CT molecular complexity index is 1230. The van der Waals surface area contributed by atoms with Gasteiger partial charge in [-0.1, -0.05) is 12.1 Å². The Morgan fingerprint density at radius 1 is 0.909 bits per heavy atom.